The molecule has 0 heterocycles. The van der Waals surface area contributed by atoms with Gasteiger partial charge in [-0.1, -0.05) is 29.8 Å². The van der Waals surface area contributed by atoms with Gasteiger partial charge < -0.3 is 10.1 Å². The van der Waals surface area contributed by atoms with Crippen LogP contribution in [0.15, 0.2) is 42.5 Å². The van der Waals surface area contributed by atoms with Gasteiger partial charge in [-0.25, -0.2) is 0 Å². The summed E-state index contributed by atoms with van der Waals surface area (Å²) in [5, 5.41) is 3.26. The molecule has 2 aromatic carbocycles. The van der Waals surface area contributed by atoms with Gasteiger partial charge >= 0.3 is 6.36 Å². The lowest BCUT2D eigenvalue weighted by atomic mass is 10.1. The van der Waals surface area contributed by atoms with Gasteiger partial charge in [0.25, 0.3) is 0 Å². The zero-order valence-electron chi connectivity index (χ0n) is 11.8. The number of ether oxygens (including phenoxy) is 1. The minimum Gasteiger partial charge on any atom is -0.406 e. The molecule has 0 radical (unpaired) electrons. The first-order valence-electron chi connectivity index (χ1n) is 6.49. The quantitative estimate of drug-likeness (QED) is 0.873. The van der Waals surface area contributed by atoms with Gasteiger partial charge in [0.2, 0.25) is 0 Å². The average molecular weight is 295 g/mol. The van der Waals surface area contributed by atoms with Crippen LogP contribution in [0.2, 0.25) is 0 Å². The molecule has 0 amide bonds. The van der Waals surface area contributed by atoms with Gasteiger partial charge in [0.05, 0.1) is 0 Å². The summed E-state index contributed by atoms with van der Waals surface area (Å²) in [6.45, 7) is 4.57. The third-order valence-corrected chi connectivity index (χ3v) is 3.02. The summed E-state index contributed by atoms with van der Waals surface area (Å²) < 4.78 is 40.0. The van der Waals surface area contributed by atoms with Gasteiger partial charge in [-0.05, 0) is 43.2 Å². The maximum atomic E-state index is 12.1. The van der Waals surface area contributed by atoms with Crippen LogP contribution in [-0.4, -0.2) is 6.36 Å². The molecule has 2 rings (SSSR count). The Balaban J connectivity index is 1.97. The molecule has 0 aliphatic heterocycles. The van der Waals surface area contributed by atoms with E-state index >= 15 is 0 Å². The van der Waals surface area contributed by atoms with Crippen molar-refractivity contribution in [2.75, 3.05) is 5.32 Å². The number of alkyl halides is 3. The number of anilines is 1. The van der Waals surface area contributed by atoms with Gasteiger partial charge in [0, 0.05) is 12.2 Å². The van der Waals surface area contributed by atoms with E-state index in [0.29, 0.717) is 6.54 Å². The lowest BCUT2D eigenvalue weighted by Crippen LogP contribution is -2.17. The van der Waals surface area contributed by atoms with Crippen LogP contribution >= 0.6 is 0 Å². The topological polar surface area (TPSA) is 21.3 Å². The maximum absolute atomic E-state index is 12.1. The lowest BCUT2D eigenvalue weighted by molar-refractivity contribution is -0.274. The average Bonchev–Trinajstić information content (AvgIpc) is 2.38. The number of benzene rings is 2. The second-order valence-electron chi connectivity index (χ2n) is 4.86. The van der Waals surface area contributed by atoms with Crippen LogP contribution in [0.25, 0.3) is 0 Å². The smallest absolute Gasteiger partial charge is 0.406 e. The first-order valence-corrected chi connectivity index (χ1v) is 6.49. The van der Waals surface area contributed by atoms with Gasteiger partial charge in [0.1, 0.15) is 5.75 Å². The van der Waals surface area contributed by atoms with Crippen molar-refractivity contribution in [3.63, 3.8) is 0 Å². The summed E-state index contributed by atoms with van der Waals surface area (Å²) in [6, 6.07) is 11.9. The third kappa shape index (κ3) is 4.70. The molecule has 2 nitrogen and oxygen atoms in total. The predicted octanol–water partition coefficient (Wildman–Crippen LogP) is 4.81. The van der Waals surface area contributed by atoms with Crippen LogP contribution in [0.3, 0.4) is 0 Å². The van der Waals surface area contributed by atoms with E-state index in [0.717, 1.165) is 16.8 Å². The zero-order valence-corrected chi connectivity index (χ0v) is 11.8. The molecule has 0 aliphatic rings. The Morgan fingerprint density at radius 1 is 1.00 bits per heavy atom. The summed E-state index contributed by atoms with van der Waals surface area (Å²) >= 11 is 0. The zero-order chi connectivity index (χ0) is 15.5. The number of hydrogen-bond donors (Lipinski definition) is 1. The minimum absolute atomic E-state index is 0.210. The van der Waals surface area contributed by atoms with Crippen molar-refractivity contribution >= 4 is 5.69 Å². The molecule has 0 atom stereocenters. The number of aryl methyl sites for hydroxylation is 2. The molecular formula is C16H16F3NO. The Morgan fingerprint density at radius 3 is 2.24 bits per heavy atom. The first-order chi connectivity index (χ1) is 9.83. The molecule has 0 aromatic heterocycles. The van der Waals surface area contributed by atoms with E-state index in [2.05, 4.69) is 16.1 Å². The largest absolute Gasteiger partial charge is 0.573 e. The molecule has 0 spiro atoms. The predicted molar refractivity (Wildman–Crippen MR) is 76.4 cm³/mol. The molecule has 0 unspecified atom stereocenters. The molecule has 2 aromatic rings. The monoisotopic (exact) mass is 295 g/mol. The summed E-state index contributed by atoms with van der Waals surface area (Å²) in [5.74, 6) is -0.210. The number of hydrogen-bond acceptors (Lipinski definition) is 2. The van der Waals surface area contributed by atoms with E-state index in [1.165, 1.54) is 17.7 Å². The second-order valence-corrected chi connectivity index (χ2v) is 4.86. The Bertz CT molecular complexity index is 606. The number of halogens is 3. The fourth-order valence-corrected chi connectivity index (χ4v) is 2.02. The fraction of sp³-hybridized carbons (Fsp3) is 0.250. The molecular weight excluding hydrogens is 279 g/mol. The highest BCUT2D eigenvalue weighted by Gasteiger charge is 2.30. The molecule has 112 valence electrons. The second kappa shape index (κ2) is 6.08. The molecule has 0 fully saturated rings. The third-order valence-electron chi connectivity index (χ3n) is 3.02. The number of rotatable bonds is 4. The van der Waals surface area contributed by atoms with Crippen molar-refractivity contribution in [2.45, 2.75) is 26.8 Å². The van der Waals surface area contributed by atoms with Crippen molar-refractivity contribution in [2.24, 2.45) is 0 Å². The molecule has 0 aliphatic carbocycles. The summed E-state index contributed by atoms with van der Waals surface area (Å²) in [7, 11) is 0. The SMILES string of the molecule is Cc1ccc(NCc2ccc(OC(F)(F)F)cc2)c(C)c1. The normalized spacial score (nSPS) is 11.3. The maximum Gasteiger partial charge on any atom is 0.573 e. The van der Waals surface area contributed by atoms with Gasteiger partial charge in [-0.15, -0.1) is 13.2 Å². The summed E-state index contributed by atoms with van der Waals surface area (Å²) in [5.41, 5.74) is 4.21. The standard InChI is InChI=1S/C16H16F3NO/c1-11-3-8-15(12(2)9-11)20-10-13-4-6-14(7-5-13)21-16(17,18)19/h3-9,20H,10H2,1-2H3. The van der Waals surface area contributed by atoms with E-state index < -0.39 is 6.36 Å². The van der Waals surface area contributed by atoms with Gasteiger partial charge in [-0.3, -0.25) is 0 Å². The molecule has 1 N–H and O–H groups in total. The molecule has 0 saturated heterocycles. The highest BCUT2D eigenvalue weighted by molar-refractivity contribution is 5.52. The van der Waals surface area contributed by atoms with E-state index in [4.69, 9.17) is 0 Å². The van der Waals surface area contributed by atoms with Crippen LogP contribution in [0.4, 0.5) is 18.9 Å². The van der Waals surface area contributed by atoms with Gasteiger partial charge in [-0.2, -0.15) is 0 Å². The Hall–Kier alpha value is -2.17. The van der Waals surface area contributed by atoms with Crippen LogP contribution in [0.5, 0.6) is 5.75 Å². The van der Waals surface area contributed by atoms with E-state index in [1.54, 1.807) is 12.1 Å². The van der Waals surface area contributed by atoms with Crippen molar-refractivity contribution in [3.8, 4) is 5.75 Å². The van der Waals surface area contributed by atoms with Crippen molar-refractivity contribution in [1.82, 2.24) is 0 Å². The van der Waals surface area contributed by atoms with Gasteiger partial charge in [0.15, 0.2) is 0 Å². The Labute approximate surface area is 121 Å². The van der Waals surface area contributed by atoms with Crippen LogP contribution in [0, 0.1) is 13.8 Å². The summed E-state index contributed by atoms with van der Waals surface area (Å²) in [4.78, 5) is 0. The van der Waals surface area contributed by atoms with E-state index in [-0.39, 0.29) is 5.75 Å². The molecule has 21 heavy (non-hydrogen) atoms. The minimum atomic E-state index is -4.65. The molecule has 0 saturated carbocycles. The Morgan fingerprint density at radius 2 is 1.67 bits per heavy atom. The van der Waals surface area contributed by atoms with Crippen LogP contribution < -0.4 is 10.1 Å². The lowest BCUT2D eigenvalue weighted by Gasteiger charge is -2.12. The van der Waals surface area contributed by atoms with Crippen molar-refractivity contribution < 1.29 is 17.9 Å². The highest BCUT2D eigenvalue weighted by atomic mass is 19.4. The first kappa shape index (κ1) is 15.2. The summed E-state index contributed by atoms with van der Waals surface area (Å²) in [6.07, 6.45) is -4.65. The van der Waals surface area contributed by atoms with Crippen LogP contribution in [-0.2, 0) is 6.54 Å². The highest BCUT2D eigenvalue weighted by Crippen LogP contribution is 2.23. The van der Waals surface area contributed by atoms with Crippen LogP contribution in [0.1, 0.15) is 16.7 Å². The number of nitrogens with one attached hydrogen (secondary N) is 1. The molecule has 5 heteroatoms. The van der Waals surface area contributed by atoms with Crippen molar-refractivity contribution in [1.29, 1.82) is 0 Å². The van der Waals surface area contributed by atoms with E-state index in [9.17, 15) is 13.2 Å². The molecule has 0 bridgehead atoms. The Kier molecular flexibility index (Phi) is 4.40. The van der Waals surface area contributed by atoms with Crippen molar-refractivity contribution in [3.05, 3.63) is 59.2 Å². The van der Waals surface area contributed by atoms with E-state index in [1.807, 2.05) is 26.0 Å². The fourth-order valence-electron chi connectivity index (χ4n) is 2.02.